The number of hydrogen-bond acceptors (Lipinski definition) is 4. The van der Waals surface area contributed by atoms with Crippen LogP contribution in [0.15, 0.2) is 0 Å². The highest BCUT2D eigenvalue weighted by atomic mass is 32.2. The molecule has 1 aliphatic heterocycles. The van der Waals surface area contributed by atoms with Gasteiger partial charge < -0.3 is 10.1 Å². The van der Waals surface area contributed by atoms with Crippen molar-refractivity contribution in [3.8, 4) is 0 Å². The minimum atomic E-state index is -3.11. The van der Waals surface area contributed by atoms with Gasteiger partial charge in [-0.15, -0.1) is 0 Å². The van der Waals surface area contributed by atoms with E-state index in [4.69, 9.17) is 4.74 Å². The zero-order chi connectivity index (χ0) is 12.3. The first kappa shape index (κ1) is 13.9. The fourth-order valence-corrected chi connectivity index (χ4v) is 4.35. The maximum atomic E-state index is 12.4. The van der Waals surface area contributed by atoms with Gasteiger partial charge in [-0.3, -0.25) is 0 Å². The molecule has 5 heteroatoms. The SMILES string of the molecule is CNC1CCOCC1S(=O)(=O)C(C)C(C)C. The molecule has 1 aliphatic rings. The first-order valence-electron chi connectivity index (χ1n) is 5.89. The Morgan fingerprint density at radius 3 is 2.44 bits per heavy atom. The predicted molar refractivity (Wildman–Crippen MR) is 65.3 cm³/mol. The quantitative estimate of drug-likeness (QED) is 0.801. The molecule has 0 aromatic carbocycles. The molecule has 1 rings (SSSR count). The van der Waals surface area contributed by atoms with E-state index in [-0.39, 0.29) is 17.2 Å². The molecule has 1 heterocycles. The van der Waals surface area contributed by atoms with Crippen LogP contribution in [-0.2, 0) is 14.6 Å². The van der Waals surface area contributed by atoms with Gasteiger partial charge in [-0.2, -0.15) is 0 Å². The molecule has 3 atom stereocenters. The molecule has 0 aliphatic carbocycles. The van der Waals surface area contributed by atoms with Crippen LogP contribution in [0.1, 0.15) is 27.2 Å². The lowest BCUT2D eigenvalue weighted by Gasteiger charge is -2.33. The largest absolute Gasteiger partial charge is 0.380 e. The van der Waals surface area contributed by atoms with Crippen molar-refractivity contribution in [3.63, 3.8) is 0 Å². The third-order valence-electron chi connectivity index (χ3n) is 3.55. The van der Waals surface area contributed by atoms with Crippen molar-refractivity contribution in [2.75, 3.05) is 20.3 Å². The Morgan fingerprint density at radius 2 is 1.94 bits per heavy atom. The summed E-state index contributed by atoms with van der Waals surface area (Å²) in [6, 6.07) is 0.0277. The van der Waals surface area contributed by atoms with Crippen LogP contribution in [0.2, 0.25) is 0 Å². The lowest BCUT2D eigenvalue weighted by atomic mass is 10.1. The van der Waals surface area contributed by atoms with Crippen LogP contribution in [-0.4, -0.2) is 45.2 Å². The molecule has 16 heavy (non-hydrogen) atoms. The van der Waals surface area contributed by atoms with Gasteiger partial charge in [-0.1, -0.05) is 13.8 Å². The van der Waals surface area contributed by atoms with Gasteiger partial charge in [0.2, 0.25) is 0 Å². The van der Waals surface area contributed by atoms with Crippen LogP contribution in [0, 0.1) is 5.92 Å². The van der Waals surface area contributed by atoms with Crippen molar-refractivity contribution in [1.29, 1.82) is 0 Å². The van der Waals surface area contributed by atoms with Gasteiger partial charge in [0.15, 0.2) is 9.84 Å². The summed E-state index contributed by atoms with van der Waals surface area (Å²) in [6.45, 7) is 6.65. The minimum absolute atomic E-state index is 0.0277. The van der Waals surface area contributed by atoms with Crippen molar-refractivity contribution in [3.05, 3.63) is 0 Å². The summed E-state index contributed by atoms with van der Waals surface area (Å²) in [4.78, 5) is 0. The fourth-order valence-electron chi connectivity index (χ4n) is 2.02. The van der Waals surface area contributed by atoms with E-state index in [1.165, 1.54) is 0 Å². The Balaban J connectivity index is 2.88. The third-order valence-corrected chi connectivity index (χ3v) is 6.44. The van der Waals surface area contributed by atoms with E-state index >= 15 is 0 Å². The van der Waals surface area contributed by atoms with Crippen molar-refractivity contribution < 1.29 is 13.2 Å². The van der Waals surface area contributed by atoms with Crippen molar-refractivity contribution in [1.82, 2.24) is 5.32 Å². The first-order valence-corrected chi connectivity index (χ1v) is 7.50. The zero-order valence-corrected chi connectivity index (χ0v) is 11.4. The molecule has 1 N–H and O–H groups in total. The summed E-state index contributed by atoms with van der Waals surface area (Å²) in [5.41, 5.74) is 0. The summed E-state index contributed by atoms with van der Waals surface area (Å²) in [7, 11) is -1.29. The smallest absolute Gasteiger partial charge is 0.159 e. The van der Waals surface area contributed by atoms with Gasteiger partial charge in [0.1, 0.15) is 5.25 Å². The lowest BCUT2D eigenvalue weighted by molar-refractivity contribution is 0.0822. The van der Waals surface area contributed by atoms with Gasteiger partial charge >= 0.3 is 0 Å². The van der Waals surface area contributed by atoms with E-state index < -0.39 is 15.1 Å². The van der Waals surface area contributed by atoms with Gasteiger partial charge in [0.25, 0.3) is 0 Å². The van der Waals surface area contributed by atoms with E-state index in [0.29, 0.717) is 13.2 Å². The first-order chi connectivity index (χ1) is 7.41. The Bertz CT molecular complexity index is 313. The van der Waals surface area contributed by atoms with Gasteiger partial charge in [0, 0.05) is 12.6 Å². The molecule has 0 radical (unpaired) electrons. The van der Waals surface area contributed by atoms with Crippen LogP contribution < -0.4 is 5.32 Å². The molecular weight excluding hydrogens is 226 g/mol. The number of sulfone groups is 1. The Hall–Kier alpha value is -0.130. The highest BCUT2D eigenvalue weighted by molar-refractivity contribution is 7.92. The summed E-state index contributed by atoms with van der Waals surface area (Å²) >= 11 is 0. The van der Waals surface area contributed by atoms with E-state index in [1.807, 2.05) is 20.9 Å². The highest BCUT2D eigenvalue weighted by Crippen LogP contribution is 2.23. The molecule has 1 fully saturated rings. The number of ether oxygens (including phenoxy) is 1. The summed E-state index contributed by atoms with van der Waals surface area (Å²) in [5.74, 6) is 0.143. The van der Waals surface area contributed by atoms with Crippen LogP contribution >= 0.6 is 0 Å². The maximum absolute atomic E-state index is 12.4. The van der Waals surface area contributed by atoms with E-state index in [2.05, 4.69) is 5.32 Å². The maximum Gasteiger partial charge on any atom is 0.159 e. The average molecular weight is 249 g/mol. The van der Waals surface area contributed by atoms with Crippen molar-refractivity contribution >= 4 is 9.84 Å². The van der Waals surface area contributed by atoms with Crippen LogP contribution in [0.25, 0.3) is 0 Å². The van der Waals surface area contributed by atoms with Crippen molar-refractivity contribution in [2.24, 2.45) is 5.92 Å². The molecule has 0 spiro atoms. The second kappa shape index (κ2) is 5.47. The van der Waals surface area contributed by atoms with E-state index in [0.717, 1.165) is 6.42 Å². The van der Waals surface area contributed by atoms with E-state index in [9.17, 15) is 8.42 Å². The Morgan fingerprint density at radius 1 is 1.31 bits per heavy atom. The summed E-state index contributed by atoms with van der Waals surface area (Å²) < 4.78 is 30.1. The molecule has 1 saturated heterocycles. The summed E-state index contributed by atoms with van der Waals surface area (Å²) in [5, 5.41) is 2.39. The second-order valence-electron chi connectivity index (χ2n) is 4.84. The second-order valence-corrected chi connectivity index (χ2v) is 7.36. The number of hydrogen-bond donors (Lipinski definition) is 1. The molecule has 0 bridgehead atoms. The standard InChI is InChI=1S/C11H23NO3S/c1-8(2)9(3)16(13,14)11-7-15-6-5-10(11)12-4/h8-12H,5-7H2,1-4H3. The average Bonchev–Trinajstić information content (AvgIpc) is 2.27. The molecule has 0 aromatic heterocycles. The Kier molecular flexibility index (Phi) is 4.76. The van der Waals surface area contributed by atoms with Crippen molar-refractivity contribution in [2.45, 2.75) is 43.7 Å². The van der Waals surface area contributed by atoms with E-state index in [1.54, 1.807) is 6.92 Å². The molecule has 96 valence electrons. The molecular formula is C11H23NO3S. The normalized spacial score (nSPS) is 29.3. The highest BCUT2D eigenvalue weighted by Gasteiger charge is 2.39. The van der Waals surface area contributed by atoms with Crippen LogP contribution in [0.5, 0.6) is 0 Å². The van der Waals surface area contributed by atoms with Gasteiger partial charge in [-0.05, 0) is 26.3 Å². The fraction of sp³-hybridized carbons (Fsp3) is 1.00. The predicted octanol–water partition coefficient (Wildman–Crippen LogP) is 0.823. The molecule has 0 aromatic rings. The Labute approximate surface area is 98.7 Å². The molecule has 0 amide bonds. The number of rotatable bonds is 4. The van der Waals surface area contributed by atoms with Crippen LogP contribution in [0.3, 0.4) is 0 Å². The van der Waals surface area contributed by atoms with Gasteiger partial charge in [-0.25, -0.2) is 8.42 Å². The van der Waals surface area contributed by atoms with Crippen LogP contribution in [0.4, 0.5) is 0 Å². The van der Waals surface area contributed by atoms with Gasteiger partial charge in [0.05, 0.1) is 11.9 Å². The zero-order valence-electron chi connectivity index (χ0n) is 10.6. The minimum Gasteiger partial charge on any atom is -0.380 e. The number of nitrogens with one attached hydrogen (secondary N) is 1. The third kappa shape index (κ3) is 2.76. The topological polar surface area (TPSA) is 55.4 Å². The lowest BCUT2D eigenvalue weighted by Crippen LogP contribution is -2.52. The molecule has 0 saturated carbocycles. The molecule has 3 unspecified atom stereocenters. The molecule has 4 nitrogen and oxygen atoms in total. The monoisotopic (exact) mass is 249 g/mol. The summed E-state index contributed by atoms with van der Waals surface area (Å²) in [6.07, 6.45) is 0.769.